The van der Waals surface area contributed by atoms with Crippen molar-refractivity contribution < 1.29 is 20.1 Å². The maximum Gasteiger partial charge on any atom is 0 e. The van der Waals surface area contributed by atoms with Crippen LogP contribution in [0.3, 0.4) is 0 Å². The van der Waals surface area contributed by atoms with Gasteiger partial charge in [-0.25, -0.2) is 0 Å². The first-order valence-corrected chi connectivity index (χ1v) is 9.30. The minimum absolute atomic E-state index is 0. The third-order valence-electron chi connectivity index (χ3n) is 6.61. The standard InChI is InChI=1S/C18H30N2.Ir/c1-3-7-15-13(5-1)9-11-17(19-15)18-12-10-14-6-2-4-8-16(14)20-18;/h13-18H,1-12H2;/q-2;. The van der Waals surface area contributed by atoms with Gasteiger partial charge in [-0.2, -0.15) is 12.1 Å². The number of nitrogens with zero attached hydrogens (tertiary/aromatic N) is 2. The fourth-order valence-electron chi connectivity index (χ4n) is 5.44. The minimum Gasteiger partial charge on any atom is -0.658 e. The minimum atomic E-state index is 0. The zero-order valence-corrected chi connectivity index (χ0v) is 15.6. The molecule has 0 amide bonds. The van der Waals surface area contributed by atoms with Crippen molar-refractivity contribution in [2.45, 2.75) is 101 Å². The van der Waals surface area contributed by atoms with Crippen molar-refractivity contribution in [1.29, 1.82) is 0 Å². The van der Waals surface area contributed by atoms with E-state index in [1.165, 1.54) is 77.0 Å². The molecular formula is C18H30IrN2-2. The van der Waals surface area contributed by atoms with Gasteiger partial charge in [0, 0.05) is 20.1 Å². The molecule has 2 aliphatic heterocycles. The monoisotopic (exact) mass is 467 g/mol. The van der Waals surface area contributed by atoms with E-state index in [4.69, 9.17) is 10.6 Å². The first-order valence-electron chi connectivity index (χ1n) is 9.30. The van der Waals surface area contributed by atoms with Gasteiger partial charge in [0.25, 0.3) is 0 Å². The van der Waals surface area contributed by atoms with Gasteiger partial charge in [-0.3, -0.25) is 0 Å². The second kappa shape index (κ2) is 7.43. The molecule has 6 unspecified atom stereocenters. The summed E-state index contributed by atoms with van der Waals surface area (Å²) in [5.41, 5.74) is 0. The van der Waals surface area contributed by atoms with Crippen LogP contribution in [0.5, 0.6) is 0 Å². The van der Waals surface area contributed by atoms with Crippen LogP contribution >= 0.6 is 0 Å². The van der Waals surface area contributed by atoms with Crippen LogP contribution in [-0.4, -0.2) is 24.2 Å². The van der Waals surface area contributed by atoms with Crippen molar-refractivity contribution in [3.8, 4) is 0 Å². The van der Waals surface area contributed by atoms with Crippen LogP contribution in [0.4, 0.5) is 0 Å². The molecule has 0 aromatic carbocycles. The number of piperidine rings is 2. The summed E-state index contributed by atoms with van der Waals surface area (Å²) in [5.74, 6) is 1.87. The molecule has 2 heterocycles. The Labute approximate surface area is 143 Å². The Morgan fingerprint density at radius 3 is 1.33 bits per heavy atom. The summed E-state index contributed by atoms with van der Waals surface area (Å²) < 4.78 is 0. The van der Waals surface area contributed by atoms with Crippen molar-refractivity contribution >= 4 is 0 Å². The summed E-state index contributed by atoms with van der Waals surface area (Å²) in [6.07, 6.45) is 17.0. The average Bonchev–Trinajstić information content (AvgIpc) is 2.54. The summed E-state index contributed by atoms with van der Waals surface area (Å²) in [6, 6.07) is 2.61. The number of hydrogen-bond acceptors (Lipinski definition) is 0. The van der Waals surface area contributed by atoms with Gasteiger partial charge in [-0.1, -0.05) is 88.9 Å². The third kappa shape index (κ3) is 3.57. The zero-order chi connectivity index (χ0) is 13.4. The molecule has 4 aliphatic rings. The molecule has 4 rings (SSSR count). The topological polar surface area (TPSA) is 28.2 Å². The van der Waals surface area contributed by atoms with Gasteiger partial charge in [0.15, 0.2) is 0 Å². The van der Waals surface area contributed by atoms with Crippen LogP contribution < -0.4 is 0 Å². The molecule has 1 radical (unpaired) electrons. The molecule has 0 aromatic heterocycles. The van der Waals surface area contributed by atoms with E-state index in [-0.39, 0.29) is 20.1 Å². The second-order valence-electron chi connectivity index (χ2n) is 7.81. The van der Waals surface area contributed by atoms with E-state index in [1.807, 2.05) is 0 Å². The van der Waals surface area contributed by atoms with Gasteiger partial charge < -0.3 is 10.6 Å². The Balaban J connectivity index is 0.00000132. The van der Waals surface area contributed by atoms with Crippen LogP contribution in [0.15, 0.2) is 0 Å². The first-order chi connectivity index (χ1) is 9.90. The first kappa shape index (κ1) is 16.4. The number of fused-ring (bicyclic) bond motifs is 2. The van der Waals surface area contributed by atoms with Crippen LogP contribution in [0.1, 0.15) is 77.0 Å². The van der Waals surface area contributed by atoms with Crippen LogP contribution in [0.2, 0.25) is 0 Å². The van der Waals surface area contributed by atoms with Gasteiger partial charge in [0.05, 0.1) is 0 Å². The number of rotatable bonds is 1. The smallest absolute Gasteiger partial charge is 0 e. The average molecular weight is 467 g/mol. The summed E-state index contributed by atoms with van der Waals surface area (Å²) in [4.78, 5) is 0. The molecule has 0 spiro atoms. The quantitative estimate of drug-likeness (QED) is 0.510. The van der Waals surface area contributed by atoms with E-state index in [2.05, 4.69) is 0 Å². The molecule has 6 atom stereocenters. The van der Waals surface area contributed by atoms with Crippen LogP contribution in [0, 0.1) is 11.8 Å². The Bertz CT molecular complexity index is 303. The molecular weight excluding hydrogens is 436 g/mol. The predicted octanol–water partition coefficient (Wildman–Crippen LogP) is 5.17. The predicted molar refractivity (Wildman–Crippen MR) is 84.3 cm³/mol. The van der Waals surface area contributed by atoms with E-state index in [1.54, 1.807) is 0 Å². The molecule has 2 saturated carbocycles. The van der Waals surface area contributed by atoms with E-state index in [0.717, 1.165) is 11.8 Å². The number of hydrogen-bond donors (Lipinski definition) is 0. The van der Waals surface area contributed by atoms with Crippen LogP contribution in [-0.2, 0) is 20.1 Å². The van der Waals surface area contributed by atoms with Crippen molar-refractivity contribution in [1.82, 2.24) is 0 Å². The maximum atomic E-state index is 5.27. The molecule has 3 heteroatoms. The zero-order valence-electron chi connectivity index (χ0n) is 13.2. The summed E-state index contributed by atoms with van der Waals surface area (Å²) >= 11 is 0. The van der Waals surface area contributed by atoms with Crippen molar-refractivity contribution in [3.63, 3.8) is 0 Å². The molecule has 0 N–H and O–H groups in total. The molecule has 123 valence electrons. The van der Waals surface area contributed by atoms with Gasteiger partial charge >= 0.3 is 0 Å². The second-order valence-corrected chi connectivity index (χ2v) is 7.81. The Hall–Kier alpha value is 0.569. The molecule has 0 aromatic rings. The van der Waals surface area contributed by atoms with E-state index < -0.39 is 0 Å². The van der Waals surface area contributed by atoms with E-state index in [0.29, 0.717) is 24.2 Å². The fraction of sp³-hybridized carbons (Fsp3) is 1.00. The normalized spacial score (nSPS) is 46.9. The molecule has 2 saturated heterocycles. The summed E-state index contributed by atoms with van der Waals surface area (Å²) in [6.45, 7) is 0. The Morgan fingerprint density at radius 2 is 0.857 bits per heavy atom. The van der Waals surface area contributed by atoms with Crippen molar-refractivity contribution in [2.75, 3.05) is 0 Å². The molecule has 21 heavy (non-hydrogen) atoms. The molecule has 2 aliphatic carbocycles. The summed E-state index contributed by atoms with van der Waals surface area (Å²) in [5, 5.41) is 10.5. The van der Waals surface area contributed by atoms with Gasteiger partial charge in [0.2, 0.25) is 0 Å². The summed E-state index contributed by atoms with van der Waals surface area (Å²) in [7, 11) is 0. The van der Waals surface area contributed by atoms with Crippen molar-refractivity contribution in [3.05, 3.63) is 10.6 Å². The van der Waals surface area contributed by atoms with Gasteiger partial charge in [0.1, 0.15) is 0 Å². The molecule has 2 nitrogen and oxygen atoms in total. The third-order valence-corrected chi connectivity index (χ3v) is 6.61. The molecule has 4 fully saturated rings. The van der Waals surface area contributed by atoms with E-state index >= 15 is 0 Å². The van der Waals surface area contributed by atoms with Crippen LogP contribution in [0.25, 0.3) is 10.6 Å². The van der Waals surface area contributed by atoms with Crippen molar-refractivity contribution in [2.24, 2.45) is 11.8 Å². The fourth-order valence-corrected chi connectivity index (χ4v) is 5.44. The molecule has 0 bridgehead atoms. The van der Waals surface area contributed by atoms with E-state index in [9.17, 15) is 0 Å². The largest absolute Gasteiger partial charge is 0.658 e. The Kier molecular flexibility index (Phi) is 5.81. The SMILES string of the molecule is C1CCC2[N-]C(C3CCC4CCCCC4[N-]3)CCC2C1.[Ir]. The van der Waals surface area contributed by atoms with Gasteiger partial charge in [-0.05, 0) is 0 Å². The Morgan fingerprint density at radius 1 is 0.429 bits per heavy atom. The van der Waals surface area contributed by atoms with Gasteiger partial charge in [-0.15, -0.1) is 12.1 Å². The maximum absolute atomic E-state index is 5.27.